The number of rotatable bonds is 2. The minimum Gasteiger partial charge on any atom is -0.347 e. The van der Waals surface area contributed by atoms with Crippen molar-refractivity contribution in [2.24, 2.45) is 5.73 Å². The van der Waals surface area contributed by atoms with Crippen molar-refractivity contribution in [1.29, 1.82) is 0 Å². The average Bonchev–Trinajstić information content (AvgIpc) is 2.85. The first-order chi connectivity index (χ1) is 9.17. The molecular formula is C14H18ClNO2S. The zero-order chi connectivity index (χ0) is 13.3. The Hall–Kier alpha value is -0.260. The summed E-state index contributed by atoms with van der Waals surface area (Å²) in [4.78, 5) is 1.19. The maximum Gasteiger partial charge on any atom is 0.169 e. The van der Waals surface area contributed by atoms with Crippen LogP contribution >= 0.6 is 23.4 Å². The third-order valence-corrected chi connectivity index (χ3v) is 5.38. The first-order valence-corrected chi connectivity index (χ1v) is 7.88. The van der Waals surface area contributed by atoms with Gasteiger partial charge in [-0.15, -0.1) is 11.8 Å². The lowest BCUT2D eigenvalue weighted by Crippen LogP contribution is -2.47. The number of nitrogens with two attached hydrogens (primary N) is 1. The molecule has 0 bridgehead atoms. The lowest BCUT2D eigenvalue weighted by molar-refractivity contribution is -0.176. The maximum absolute atomic E-state index is 6.25. The number of hydrogen-bond donors (Lipinski definition) is 1. The third kappa shape index (κ3) is 3.09. The fourth-order valence-electron chi connectivity index (χ4n) is 2.71. The number of halogens is 1. The van der Waals surface area contributed by atoms with Crippen LogP contribution in [0.25, 0.3) is 0 Å². The van der Waals surface area contributed by atoms with Gasteiger partial charge in [0.1, 0.15) is 0 Å². The second-order valence-corrected chi connectivity index (χ2v) is 6.87. The first kappa shape index (κ1) is 13.7. The highest BCUT2D eigenvalue weighted by Crippen LogP contribution is 2.42. The molecule has 2 unspecified atom stereocenters. The summed E-state index contributed by atoms with van der Waals surface area (Å²) in [5, 5.41) is 1.09. The summed E-state index contributed by atoms with van der Waals surface area (Å²) in [5.41, 5.74) is 6.25. The number of thioether (sulfide) groups is 1. The molecule has 3 nitrogen and oxygen atoms in total. The Morgan fingerprint density at radius 1 is 1.21 bits per heavy atom. The Morgan fingerprint density at radius 2 is 1.89 bits per heavy atom. The van der Waals surface area contributed by atoms with Crippen LogP contribution in [0.1, 0.15) is 19.3 Å². The number of ether oxygens (including phenoxy) is 2. The van der Waals surface area contributed by atoms with E-state index in [9.17, 15) is 0 Å². The summed E-state index contributed by atoms with van der Waals surface area (Å²) in [6, 6.07) is 8.10. The van der Waals surface area contributed by atoms with Gasteiger partial charge < -0.3 is 15.2 Å². The molecule has 2 N–H and O–H groups in total. The van der Waals surface area contributed by atoms with Crippen LogP contribution in [-0.2, 0) is 9.47 Å². The maximum atomic E-state index is 6.25. The molecule has 19 heavy (non-hydrogen) atoms. The van der Waals surface area contributed by atoms with Gasteiger partial charge >= 0.3 is 0 Å². The Morgan fingerprint density at radius 3 is 2.58 bits per heavy atom. The fourth-order valence-corrected chi connectivity index (χ4v) is 4.13. The predicted molar refractivity (Wildman–Crippen MR) is 77.6 cm³/mol. The molecule has 1 heterocycles. The normalized spacial score (nSPS) is 29.8. The Kier molecular flexibility index (Phi) is 4.06. The van der Waals surface area contributed by atoms with Gasteiger partial charge in [0.2, 0.25) is 0 Å². The molecule has 1 aliphatic heterocycles. The topological polar surface area (TPSA) is 44.5 Å². The second-order valence-electron chi connectivity index (χ2n) is 5.12. The van der Waals surface area contributed by atoms with E-state index >= 15 is 0 Å². The van der Waals surface area contributed by atoms with Crippen LogP contribution in [0.3, 0.4) is 0 Å². The summed E-state index contributed by atoms with van der Waals surface area (Å²) >= 11 is 7.71. The van der Waals surface area contributed by atoms with Gasteiger partial charge in [-0.3, -0.25) is 0 Å². The van der Waals surface area contributed by atoms with Crippen molar-refractivity contribution in [2.45, 2.75) is 41.2 Å². The molecule has 1 spiro atoms. The molecule has 1 aromatic carbocycles. The molecule has 3 rings (SSSR count). The van der Waals surface area contributed by atoms with Gasteiger partial charge in [-0.25, -0.2) is 0 Å². The summed E-state index contributed by atoms with van der Waals surface area (Å²) in [6.45, 7) is 1.40. The Labute approximate surface area is 122 Å². The van der Waals surface area contributed by atoms with Gasteiger partial charge in [-0.2, -0.15) is 0 Å². The predicted octanol–water partition coefficient (Wildman–Crippen LogP) is 3.06. The molecule has 0 aromatic heterocycles. The lowest BCUT2D eigenvalue weighted by Gasteiger charge is -2.39. The van der Waals surface area contributed by atoms with E-state index in [0.717, 1.165) is 24.3 Å². The molecule has 2 atom stereocenters. The van der Waals surface area contributed by atoms with E-state index in [1.165, 1.54) is 4.90 Å². The molecule has 2 aliphatic rings. The van der Waals surface area contributed by atoms with Crippen LogP contribution in [-0.4, -0.2) is 30.3 Å². The van der Waals surface area contributed by atoms with Gasteiger partial charge in [0.25, 0.3) is 0 Å². The molecule has 1 saturated heterocycles. The van der Waals surface area contributed by atoms with E-state index in [4.69, 9.17) is 26.8 Å². The van der Waals surface area contributed by atoms with Gasteiger partial charge in [-0.1, -0.05) is 11.6 Å². The van der Waals surface area contributed by atoms with E-state index < -0.39 is 0 Å². The largest absolute Gasteiger partial charge is 0.347 e. The zero-order valence-electron chi connectivity index (χ0n) is 10.7. The molecule has 2 fully saturated rings. The van der Waals surface area contributed by atoms with Crippen molar-refractivity contribution in [3.63, 3.8) is 0 Å². The van der Waals surface area contributed by atoms with Crippen molar-refractivity contribution in [3.8, 4) is 0 Å². The minimum absolute atomic E-state index is 0.194. The highest BCUT2D eigenvalue weighted by molar-refractivity contribution is 8.00. The number of hydrogen-bond acceptors (Lipinski definition) is 4. The van der Waals surface area contributed by atoms with Crippen molar-refractivity contribution in [2.75, 3.05) is 13.2 Å². The Bertz CT molecular complexity index is 434. The van der Waals surface area contributed by atoms with Crippen LogP contribution in [0, 0.1) is 0 Å². The summed E-state index contributed by atoms with van der Waals surface area (Å²) in [5.74, 6) is -0.375. The molecule has 1 aliphatic carbocycles. The summed E-state index contributed by atoms with van der Waals surface area (Å²) in [6.07, 6.45) is 2.72. The van der Waals surface area contributed by atoms with E-state index in [1.54, 1.807) is 11.8 Å². The van der Waals surface area contributed by atoms with Crippen molar-refractivity contribution in [1.82, 2.24) is 0 Å². The molecule has 1 aromatic rings. The molecule has 5 heteroatoms. The standard InChI is InChI=1S/C14H18ClNO2S/c15-10-1-3-11(4-2-10)19-13-9-14(6-5-12(13)16)17-7-8-18-14/h1-4,12-13H,5-9,16H2. The van der Waals surface area contributed by atoms with Crippen LogP contribution in [0.2, 0.25) is 5.02 Å². The van der Waals surface area contributed by atoms with E-state index in [2.05, 4.69) is 0 Å². The van der Waals surface area contributed by atoms with Gasteiger partial charge in [-0.05, 0) is 30.7 Å². The highest BCUT2D eigenvalue weighted by atomic mass is 35.5. The highest BCUT2D eigenvalue weighted by Gasteiger charge is 2.44. The third-order valence-electron chi connectivity index (χ3n) is 3.76. The fraction of sp³-hybridized carbons (Fsp3) is 0.571. The van der Waals surface area contributed by atoms with Gasteiger partial charge in [0.15, 0.2) is 5.79 Å². The van der Waals surface area contributed by atoms with Crippen molar-refractivity contribution < 1.29 is 9.47 Å². The van der Waals surface area contributed by atoms with E-state index in [0.29, 0.717) is 18.5 Å². The lowest BCUT2D eigenvalue weighted by atomic mass is 9.90. The Balaban J connectivity index is 1.69. The minimum atomic E-state index is -0.375. The average molecular weight is 300 g/mol. The molecule has 1 saturated carbocycles. The van der Waals surface area contributed by atoms with Crippen LogP contribution in [0.4, 0.5) is 0 Å². The van der Waals surface area contributed by atoms with Crippen molar-refractivity contribution in [3.05, 3.63) is 29.3 Å². The van der Waals surface area contributed by atoms with Crippen LogP contribution in [0.15, 0.2) is 29.2 Å². The quantitative estimate of drug-likeness (QED) is 0.911. The molecule has 0 radical (unpaired) electrons. The summed E-state index contributed by atoms with van der Waals surface area (Å²) < 4.78 is 11.6. The molecule has 104 valence electrons. The SMILES string of the molecule is NC1CCC2(CC1Sc1ccc(Cl)cc1)OCCO2. The van der Waals surface area contributed by atoms with Gasteiger partial charge in [0, 0.05) is 34.1 Å². The molecule has 0 amide bonds. The van der Waals surface area contributed by atoms with Gasteiger partial charge in [0.05, 0.1) is 13.2 Å². The molecular weight excluding hydrogens is 282 g/mol. The van der Waals surface area contributed by atoms with E-state index in [-0.39, 0.29) is 11.8 Å². The second kappa shape index (κ2) is 5.62. The monoisotopic (exact) mass is 299 g/mol. The summed E-state index contributed by atoms with van der Waals surface area (Å²) in [7, 11) is 0. The van der Waals surface area contributed by atoms with Crippen molar-refractivity contribution >= 4 is 23.4 Å². The van der Waals surface area contributed by atoms with E-state index in [1.807, 2.05) is 24.3 Å². The first-order valence-electron chi connectivity index (χ1n) is 6.63. The van der Waals surface area contributed by atoms with Crippen LogP contribution in [0.5, 0.6) is 0 Å². The number of benzene rings is 1. The van der Waals surface area contributed by atoms with Crippen LogP contribution < -0.4 is 5.73 Å². The zero-order valence-corrected chi connectivity index (χ0v) is 12.3. The smallest absolute Gasteiger partial charge is 0.169 e.